The molecule has 0 aliphatic heterocycles. The van der Waals surface area contributed by atoms with Crippen molar-refractivity contribution in [2.75, 3.05) is 20.4 Å². The van der Waals surface area contributed by atoms with Gasteiger partial charge in [0.25, 0.3) is 0 Å². The maximum Gasteiger partial charge on any atom is 0.147 e. The predicted octanol–water partition coefficient (Wildman–Crippen LogP) is 1.27. The highest BCUT2D eigenvalue weighted by atomic mass is 16.7. The molecule has 0 aromatic heterocycles. The minimum absolute atomic E-state index is 0.0751. The van der Waals surface area contributed by atoms with Crippen molar-refractivity contribution in [3.63, 3.8) is 0 Å². The van der Waals surface area contributed by atoms with E-state index in [0.29, 0.717) is 13.3 Å². The van der Waals surface area contributed by atoms with E-state index in [1.807, 2.05) is 0 Å². The lowest BCUT2D eigenvalue weighted by molar-refractivity contribution is -0.140. The first-order chi connectivity index (χ1) is 5.83. The standard InChI is InChI=1S/C9H19NO2/c1-11-8-12-9(7-10)5-3-2-4-6-9/h2-8,10H2,1H3. The summed E-state index contributed by atoms with van der Waals surface area (Å²) in [6, 6.07) is 0. The second-order valence-corrected chi connectivity index (χ2v) is 3.50. The topological polar surface area (TPSA) is 44.5 Å². The molecule has 0 aromatic rings. The Morgan fingerprint density at radius 1 is 1.25 bits per heavy atom. The summed E-state index contributed by atoms with van der Waals surface area (Å²) in [5.74, 6) is 0. The van der Waals surface area contributed by atoms with Crippen LogP contribution < -0.4 is 5.73 Å². The Bertz CT molecular complexity index is 122. The molecule has 1 aliphatic rings. The van der Waals surface area contributed by atoms with Gasteiger partial charge in [0, 0.05) is 13.7 Å². The van der Waals surface area contributed by atoms with Gasteiger partial charge in [-0.05, 0) is 12.8 Å². The third-order valence-electron chi connectivity index (χ3n) is 2.62. The van der Waals surface area contributed by atoms with Gasteiger partial charge in [-0.15, -0.1) is 0 Å². The molecule has 3 nitrogen and oxygen atoms in total. The van der Waals surface area contributed by atoms with E-state index in [9.17, 15) is 0 Å². The highest BCUT2D eigenvalue weighted by molar-refractivity contribution is 4.84. The highest BCUT2D eigenvalue weighted by Crippen LogP contribution is 2.30. The third kappa shape index (κ3) is 2.44. The molecule has 0 amide bonds. The summed E-state index contributed by atoms with van der Waals surface area (Å²) in [7, 11) is 1.65. The maximum absolute atomic E-state index is 5.70. The van der Waals surface area contributed by atoms with Gasteiger partial charge in [-0.25, -0.2) is 0 Å². The summed E-state index contributed by atoms with van der Waals surface area (Å²) in [6.07, 6.45) is 5.97. The largest absolute Gasteiger partial charge is 0.359 e. The molecule has 72 valence electrons. The predicted molar refractivity (Wildman–Crippen MR) is 47.8 cm³/mol. The van der Waals surface area contributed by atoms with Gasteiger partial charge in [-0.2, -0.15) is 0 Å². The molecule has 0 spiro atoms. The Morgan fingerprint density at radius 3 is 2.42 bits per heavy atom. The van der Waals surface area contributed by atoms with Crippen LogP contribution >= 0.6 is 0 Å². The van der Waals surface area contributed by atoms with E-state index in [2.05, 4.69) is 0 Å². The first-order valence-electron chi connectivity index (χ1n) is 4.66. The smallest absolute Gasteiger partial charge is 0.147 e. The lowest BCUT2D eigenvalue weighted by Gasteiger charge is -2.35. The van der Waals surface area contributed by atoms with E-state index in [0.717, 1.165) is 12.8 Å². The molecule has 0 saturated heterocycles. The molecule has 0 unspecified atom stereocenters. The number of nitrogens with two attached hydrogens (primary N) is 1. The Balaban J connectivity index is 2.37. The monoisotopic (exact) mass is 173 g/mol. The zero-order valence-corrected chi connectivity index (χ0v) is 7.84. The van der Waals surface area contributed by atoms with Crippen LogP contribution in [-0.4, -0.2) is 26.0 Å². The number of hydrogen-bond donors (Lipinski definition) is 1. The van der Waals surface area contributed by atoms with E-state index in [4.69, 9.17) is 15.2 Å². The van der Waals surface area contributed by atoms with Crippen LogP contribution in [0.5, 0.6) is 0 Å². The number of rotatable bonds is 4. The fourth-order valence-corrected chi connectivity index (χ4v) is 1.79. The van der Waals surface area contributed by atoms with Crippen molar-refractivity contribution in [1.29, 1.82) is 0 Å². The number of methoxy groups -OCH3 is 1. The Hall–Kier alpha value is -0.120. The van der Waals surface area contributed by atoms with Crippen molar-refractivity contribution in [2.24, 2.45) is 5.73 Å². The fourth-order valence-electron chi connectivity index (χ4n) is 1.79. The SMILES string of the molecule is COCOC1(CN)CCCCC1. The van der Waals surface area contributed by atoms with Crippen LogP contribution in [0.1, 0.15) is 32.1 Å². The Labute approximate surface area is 74.2 Å². The Kier molecular flexibility index (Phi) is 3.98. The minimum Gasteiger partial charge on any atom is -0.359 e. The zero-order valence-electron chi connectivity index (χ0n) is 7.84. The van der Waals surface area contributed by atoms with Gasteiger partial charge in [0.05, 0.1) is 5.60 Å². The van der Waals surface area contributed by atoms with E-state index in [1.165, 1.54) is 19.3 Å². The molecule has 0 atom stereocenters. The number of ether oxygens (including phenoxy) is 2. The van der Waals surface area contributed by atoms with Crippen LogP contribution in [0.25, 0.3) is 0 Å². The summed E-state index contributed by atoms with van der Waals surface area (Å²) >= 11 is 0. The second-order valence-electron chi connectivity index (χ2n) is 3.50. The highest BCUT2D eigenvalue weighted by Gasteiger charge is 2.31. The van der Waals surface area contributed by atoms with Crippen molar-refractivity contribution in [3.05, 3.63) is 0 Å². The fraction of sp³-hybridized carbons (Fsp3) is 1.00. The first kappa shape index (κ1) is 9.96. The van der Waals surface area contributed by atoms with Gasteiger partial charge in [0.15, 0.2) is 0 Å². The third-order valence-corrected chi connectivity index (χ3v) is 2.62. The maximum atomic E-state index is 5.70. The normalized spacial score (nSPS) is 22.5. The van der Waals surface area contributed by atoms with Crippen molar-refractivity contribution in [3.8, 4) is 0 Å². The quantitative estimate of drug-likeness (QED) is 0.651. The lowest BCUT2D eigenvalue weighted by atomic mass is 9.85. The summed E-state index contributed by atoms with van der Waals surface area (Å²) in [5, 5.41) is 0. The zero-order chi connectivity index (χ0) is 8.86. The minimum atomic E-state index is -0.0751. The van der Waals surface area contributed by atoms with Gasteiger partial charge in [0.2, 0.25) is 0 Å². The molecular formula is C9H19NO2. The molecule has 1 aliphatic carbocycles. The molecule has 0 radical (unpaired) electrons. The summed E-state index contributed by atoms with van der Waals surface area (Å²) in [4.78, 5) is 0. The lowest BCUT2D eigenvalue weighted by Crippen LogP contribution is -2.42. The Morgan fingerprint density at radius 2 is 1.92 bits per heavy atom. The second kappa shape index (κ2) is 4.80. The van der Waals surface area contributed by atoms with Crippen molar-refractivity contribution >= 4 is 0 Å². The molecule has 2 N–H and O–H groups in total. The van der Waals surface area contributed by atoms with E-state index >= 15 is 0 Å². The molecule has 12 heavy (non-hydrogen) atoms. The van der Waals surface area contributed by atoms with Crippen molar-refractivity contribution in [2.45, 2.75) is 37.7 Å². The van der Waals surface area contributed by atoms with E-state index in [1.54, 1.807) is 7.11 Å². The van der Waals surface area contributed by atoms with Gasteiger partial charge in [0.1, 0.15) is 6.79 Å². The molecule has 3 heteroatoms. The molecule has 0 aromatic carbocycles. The van der Waals surface area contributed by atoms with Crippen LogP contribution in [0.3, 0.4) is 0 Å². The van der Waals surface area contributed by atoms with Crippen molar-refractivity contribution < 1.29 is 9.47 Å². The van der Waals surface area contributed by atoms with Gasteiger partial charge in [-0.1, -0.05) is 19.3 Å². The summed E-state index contributed by atoms with van der Waals surface area (Å²) < 4.78 is 10.5. The van der Waals surface area contributed by atoms with E-state index < -0.39 is 0 Å². The van der Waals surface area contributed by atoms with Gasteiger partial charge in [-0.3, -0.25) is 0 Å². The van der Waals surface area contributed by atoms with Crippen LogP contribution in [0, 0.1) is 0 Å². The van der Waals surface area contributed by atoms with Crippen LogP contribution in [0.4, 0.5) is 0 Å². The molecule has 1 saturated carbocycles. The number of hydrogen-bond acceptors (Lipinski definition) is 3. The van der Waals surface area contributed by atoms with Gasteiger partial charge >= 0.3 is 0 Å². The van der Waals surface area contributed by atoms with E-state index in [-0.39, 0.29) is 5.60 Å². The molecule has 0 bridgehead atoms. The summed E-state index contributed by atoms with van der Waals surface area (Å²) in [6.45, 7) is 0.994. The molecule has 1 fully saturated rings. The molecular weight excluding hydrogens is 154 g/mol. The van der Waals surface area contributed by atoms with Crippen LogP contribution in [0.2, 0.25) is 0 Å². The van der Waals surface area contributed by atoms with Crippen LogP contribution in [0.15, 0.2) is 0 Å². The van der Waals surface area contributed by atoms with Crippen LogP contribution in [-0.2, 0) is 9.47 Å². The average Bonchev–Trinajstić information content (AvgIpc) is 2.16. The summed E-state index contributed by atoms with van der Waals surface area (Å²) in [5.41, 5.74) is 5.62. The molecule has 1 rings (SSSR count). The van der Waals surface area contributed by atoms with Gasteiger partial charge < -0.3 is 15.2 Å². The molecule has 0 heterocycles. The first-order valence-corrected chi connectivity index (χ1v) is 4.66. The van der Waals surface area contributed by atoms with Crippen molar-refractivity contribution in [1.82, 2.24) is 0 Å². The average molecular weight is 173 g/mol.